The standard InChI is InChI=1S/C10H12BrNO2/c1-3-14-10(13)4-8-5-12-6-9(11)7(8)2/h5-6H,3-4H2,1-2H3. The average Bonchev–Trinajstić information content (AvgIpc) is 2.13. The van der Waals surface area contributed by atoms with Crippen molar-refractivity contribution in [2.24, 2.45) is 0 Å². The monoisotopic (exact) mass is 257 g/mol. The predicted molar refractivity (Wildman–Crippen MR) is 57.0 cm³/mol. The van der Waals surface area contributed by atoms with Gasteiger partial charge in [-0.1, -0.05) is 0 Å². The number of esters is 1. The smallest absolute Gasteiger partial charge is 0.310 e. The van der Waals surface area contributed by atoms with Gasteiger partial charge in [-0.2, -0.15) is 0 Å². The first-order valence-corrected chi connectivity index (χ1v) is 5.19. The van der Waals surface area contributed by atoms with Crippen LogP contribution >= 0.6 is 15.9 Å². The number of aromatic nitrogens is 1. The maximum absolute atomic E-state index is 11.2. The van der Waals surface area contributed by atoms with Gasteiger partial charge in [-0.05, 0) is 40.9 Å². The molecule has 0 unspecified atom stereocenters. The Bertz CT molecular complexity index is 339. The summed E-state index contributed by atoms with van der Waals surface area (Å²) < 4.78 is 5.77. The molecule has 1 aromatic rings. The molecule has 3 nitrogen and oxygen atoms in total. The molecule has 14 heavy (non-hydrogen) atoms. The molecular weight excluding hydrogens is 246 g/mol. The van der Waals surface area contributed by atoms with Crippen molar-refractivity contribution >= 4 is 21.9 Å². The second-order valence-corrected chi connectivity index (χ2v) is 3.74. The third-order valence-corrected chi connectivity index (χ3v) is 2.70. The molecule has 1 rings (SSSR count). The molecule has 1 heterocycles. The third-order valence-electron chi connectivity index (χ3n) is 1.90. The van der Waals surface area contributed by atoms with E-state index < -0.39 is 0 Å². The molecule has 0 aromatic carbocycles. The topological polar surface area (TPSA) is 39.2 Å². The minimum absolute atomic E-state index is 0.212. The van der Waals surface area contributed by atoms with Crippen LogP contribution in [0.5, 0.6) is 0 Å². The van der Waals surface area contributed by atoms with Crippen LogP contribution in [-0.4, -0.2) is 17.6 Å². The van der Waals surface area contributed by atoms with E-state index in [1.54, 1.807) is 19.3 Å². The van der Waals surface area contributed by atoms with Crippen LogP contribution in [0.1, 0.15) is 18.1 Å². The highest BCUT2D eigenvalue weighted by Crippen LogP contribution is 2.18. The number of pyridine rings is 1. The zero-order valence-electron chi connectivity index (χ0n) is 8.21. The summed E-state index contributed by atoms with van der Waals surface area (Å²) in [6.07, 6.45) is 3.69. The van der Waals surface area contributed by atoms with Crippen LogP contribution in [0, 0.1) is 6.92 Å². The van der Waals surface area contributed by atoms with Crippen molar-refractivity contribution in [1.82, 2.24) is 4.98 Å². The van der Waals surface area contributed by atoms with Crippen LogP contribution in [0.2, 0.25) is 0 Å². The molecule has 0 aliphatic heterocycles. The van der Waals surface area contributed by atoms with E-state index >= 15 is 0 Å². The van der Waals surface area contributed by atoms with E-state index in [4.69, 9.17) is 4.74 Å². The fourth-order valence-electron chi connectivity index (χ4n) is 1.09. The highest BCUT2D eigenvalue weighted by molar-refractivity contribution is 9.10. The van der Waals surface area contributed by atoms with Gasteiger partial charge in [0.15, 0.2) is 0 Å². The first kappa shape index (κ1) is 11.2. The second-order valence-electron chi connectivity index (χ2n) is 2.89. The fraction of sp³-hybridized carbons (Fsp3) is 0.400. The Kier molecular flexibility index (Phi) is 4.07. The van der Waals surface area contributed by atoms with E-state index in [9.17, 15) is 4.79 Å². The van der Waals surface area contributed by atoms with Gasteiger partial charge >= 0.3 is 5.97 Å². The Morgan fingerprint density at radius 1 is 1.57 bits per heavy atom. The number of hydrogen-bond acceptors (Lipinski definition) is 3. The van der Waals surface area contributed by atoms with E-state index in [1.165, 1.54) is 0 Å². The normalized spacial score (nSPS) is 9.93. The summed E-state index contributed by atoms with van der Waals surface area (Å²) >= 11 is 3.36. The van der Waals surface area contributed by atoms with Crippen molar-refractivity contribution in [3.63, 3.8) is 0 Å². The number of carbonyl (C=O) groups is 1. The van der Waals surface area contributed by atoms with Gasteiger partial charge in [0.25, 0.3) is 0 Å². The Morgan fingerprint density at radius 3 is 2.93 bits per heavy atom. The number of ether oxygens (including phenoxy) is 1. The summed E-state index contributed by atoms with van der Waals surface area (Å²) in [5.74, 6) is -0.212. The van der Waals surface area contributed by atoms with Crippen LogP contribution in [-0.2, 0) is 16.0 Å². The lowest BCUT2D eigenvalue weighted by molar-refractivity contribution is -0.142. The minimum Gasteiger partial charge on any atom is -0.466 e. The first-order chi connectivity index (χ1) is 6.65. The molecule has 0 spiro atoms. The van der Waals surface area contributed by atoms with Crippen LogP contribution in [0.4, 0.5) is 0 Å². The predicted octanol–water partition coefficient (Wildman–Crippen LogP) is 2.26. The van der Waals surface area contributed by atoms with Gasteiger partial charge < -0.3 is 4.74 Å². The first-order valence-electron chi connectivity index (χ1n) is 4.39. The molecular formula is C10H12BrNO2. The fourth-order valence-corrected chi connectivity index (χ4v) is 1.46. The molecule has 76 valence electrons. The summed E-state index contributed by atoms with van der Waals surface area (Å²) in [6, 6.07) is 0. The number of rotatable bonds is 3. The number of carbonyl (C=O) groups excluding carboxylic acids is 1. The average molecular weight is 258 g/mol. The molecule has 0 aliphatic rings. The number of nitrogens with zero attached hydrogens (tertiary/aromatic N) is 1. The highest BCUT2D eigenvalue weighted by Gasteiger charge is 2.08. The zero-order valence-corrected chi connectivity index (χ0v) is 9.80. The van der Waals surface area contributed by atoms with E-state index in [-0.39, 0.29) is 12.4 Å². The summed E-state index contributed by atoms with van der Waals surface area (Å²) in [7, 11) is 0. The maximum Gasteiger partial charge on any atom is 0.310 e. The highest BCUT2D eigenvalue weighted by atomic mass is 79.9. The van der Waals surface area contributed by atoms with Gasteiger partial charge in [-0.25, -0.2) is 0 Å². The Morgan fingerprint density at radius 2 is 2.29 bits per heavy atom. The maximum atomic E-state index is 11.2. The molecule has 0 atom stereocenters. The molecule has 0 saturated heterocycles. The lowest BCUT2D eigenvalue weighted by Crippen LogP contribution is -2.08. The Hall–Kier alpha value is -0.900. The largest absolute Gasteiger partial charge is 0.466 e. The summed E-state index contributed by atoms with van der Waals surface area (Å²) in [5.41, 5.74) is 1.94. The molecule has 4 heteroatoms. The summed E-state index contributed by atoms with van der Waals surface area (Å²) in [6.45, 7) is 4.16. The molecule has 0 aliphatic carbocycles. The van der Waals surface area contributed by atoms with E-state index in [2.05, 4.69) is 20.9 Å². The van der Waals surface area contributed by atoms with E-state index in [0.717, 1.165) is 15.6 Å². The van der Waals surface area contributed by atoms with Crippen molar-refractivity contribution in [1.29, 1.82) is 0 Å². The molecule has 0 amide bonds. The van der Waals surface area contributed by atoms with Gasteiger partial charge in [0.2, 0.25) is 0 Å². The van der Waals surface area contributed by atoms with Crippen molar-refractivity contribution in [3.8, 4) is 0 Å². The molecule has 0 radical (unpaired) electrons. The van der Waals surface area contributed by atoms with Crippen LogP contribution < -0.4 is 0 Å². The number of hydrogen-bond donors (Lipinski definition) is 0. The zero-order chi connectivity index (χ0) is 10.6. The molecule has 0 N–H and O–H groups in total. The van der Waals surface area contributed by atoms with Gasteiger partial charge in [-0.3, -0.25) is 9.78 Å². The van der Waals surface area contributed by atoms with Crippen LogP contribution in [0.15, 0.2) is 16.9 Å². The molecule has 1 aromatic heterocycles. The number of halogens is 1. The SMILES string of the molecule is CCOC(=O)Cc1cncc(Br)c1C. The molecule has 0 bridgehead atoms. The Balaban J connectivity index is 2.76. The van der Waals surface area contributed by atoms with Gasteiger partial charge in [-0.15, -0.1) is 0 Å². The quantitative estimate of drug-likeness (QED) is 0.780. The third kappa shape index (κ3) is 2.80. The molecule has 0 fully saturated rings. The van der Waals surface area contributed by atoms with Gasteiger partial charge in [0, 0.05) is 16.9 Å². The van der Waals surface area contributed by atoms with Crippen molar-refractivity contribution in [3.05, 3.63) is 28.0 Å². The van der Waals surface area contributed by atoms with Gasteiger partial charge in [0.1, 0.15) is 0 Å². The van der Waals surface area contributed by atoms with Crippen molar-refractivity contribution in [2.45, 2.75) is 20.3 Å². The Labute approximate surface area is 91.6 Å². The lowest BCUT2D eigenvalue weighted by Gasteiger charge is -2.05. The minimum atomic E-state index is -0.212. The lowest BCUT2D eigenvalue weighted by atomic mass is 10.1. The summed E-state index contributed by atoms with van der Waals surface area (Å²) in [4.78, 5) is 15.2. The molecule has 0 saturated carbocycles. The van der Waals surface area contributed by atoms with E-state index in [0.29, 0.717) is 6.61 Å². The van der Waals surface area contributed by atoms with E-state index in [1.807, 2.05) is 6.92 Å². The van der Waals surface area contributed by atoms with Gasteiger partial charge in [0.05, 0.1) is 13.0 Å². The van der Waals surface area contributed by atoms with Crippen LogP contribution in [0.3, 0.4) is 0 Å². The van der Waals surface area contributed by atoms with Crippen molar-refractivity contribution < 1.29 is 9.53 Å². The van der Waals surface area contributed by atoms with Crippen LogP contribution in [0.25, 0.3) is 0 Å². The van der Waals surface area contributed by atoms with Crippen molar-refractivity contribution in [2.75, 3.05) is 6.61 Å². The summed E-state index contributed by atoms with van der Waals surface area (Å²) in [5, 5.41) is 0. The second kappa shape index (κ2) is 5.10.